The molecular formula is C29H35BrClNO2. The molecule has 3 nitrogen and oxygen atoms in total. The normalized spacial score (nSPS) is 23.3. The fourth-order valence-electron chi connectivity index (χ4n) is 5.57. The first-order valence-corrected chi connectivity index (χ1v) is 13.7. The lowest BCUT2D eigenvalue weighted by Crippen LogP contribution is -2.25. The molecule has 0 amide bonds. The van der Waals surface area contributed by atoms with E-state index in [1.54, 1.807) is 0 Å². The Kier molecular flexibility index (Phi) is 8.20. The van der Waals surface area contributed by atoms with Crippen molar-refractivity contribution in [1.82, 2.24) is 4.98 Å². The molecule has 1 fully saturated rings. The van der Waals surface area contributed by atoms with Gasteiger partial charge in [-0.3, -0.25) is 9.78 Å². The highest BCUT2D eigenvalue weighted by atomic mass is 79.9. The standard InChI is InChI=1S/C29H35BrClNO2/c1-29(2,3)34-26(33)16-19-8-5-4-6-9-20(12-11-19)27-23-14-13-22(31)17-21(23)18-25(30)24-10-7-15-32-28(24)27/h7,10,13-15,17-20,27H,4-6,8-9,11-12,16H2,1-3H3. The predicted molar refractivity (Wildman–Crippen MR) is 144 cm³/mol. The number of rotatable bonds is 3. The SMILES string of the molecule is CC(C)(C)OC(=O)CC1CCCCCC(C2c3ccc(Cl)cc3C=C(Br)c3cccnc32)CC1. The number of esters is 1. The molecule has 1 aromatic heterocycles. The Morgan fingerprint density at radius 1 is 1.12 bits per heavy atom. The van der Waals surface area contributed by atoms with Crippen LogP contribution in [0.5, 0.6) is 0 Å². The van der Waals surface area contributed by atoms with Crippen LogP contribution in [0.4, 0.5) is 0 Å². The van der Waals surface area contributed by atoms with Gasteiger partial charge in [0.25, 0.3) is 0 Å². The van der Waals surface area contributed by atoms with Gasteiger partial charge in [0.05, 0.1) is 5.69 Å². The summed E-state index contributed by atoms with van der Waals surface area (Å²) in [6.45, 7) is 5.82. The van der Waals surface area contributed by atoms with E-state index in [-0.39, 0.29) is 11.9 Å². The molecule has 0 saturated heterocycles. The van der Waals surface area contributed by atoms with Gasteiger partial charge in [-0.05, 0) is 93.7 Å². The number of pyridine rings is 1. The minimum atomic E-state index is -0.431. The van der Waals surface area contributed by atoms with Crippen molar-refractivity contribution in [3.8, 4) is 0 Å². The minimum absolute atomic E-state index is 0.0668. The van der Waals surface area contributed by atoms with Crippen molar-refractivity contribution in [2.45, 2.75) is 83.7 Å². The van der Waals surface area contributed by atoms with Crippen LogP contribution in [0.2, 0.25) is 5.02 Å². The number of halogens is 2. The van der Waals surface area contributed by atoms with E-state index >= 15 is 0 Å². The molecule has 34 heavy (non-hydrogen) atoms. The van der Waals surface area contributed by atoms with E-state index in [0.29, 0.717) is 18.3 Å². The average Bonchev–Trinajstić information content (AvgIpc) is 2.80. The van der Waals surface area contributed by atoms with Crippen molar-refractivity contribution in [1.29, 1.82) is 0 Å². The predicted octanol–water partition coefficient (Wildman–Crippen LogP) is 8.78. The summed E-state index contributed by atoms with van der Waals surface area (Å²) in [4.78, 5) is 17.5. The van der Waals surface area contributed by atoms with Gasteiger partial charge >= 0.3 is 5.97 Å². The number of benzene rings is 1. The highest BCUT2D eigenvalue weighted by Gasteiger charge is 2.33. The van der Waals surface area contributed by atoms with Crippen molar-refractivity contribution in [2.75, 3.05) is 0 Å². The molecule has 5 heteroatoms. The van der Waals surface area contributed by atoms with E-state index in [2.05, 4.69) is 40.2 Å². The zero-order valence-corrected chi connectivity index (χ0v) is 22.8. The lowest BCUT2D eigenvalue weighted by molar-refractivity contribution is -0.156. The Bertz CT molecular complexity index is 1060. The van der Waals surface area contributed by atoms with Crippen molar-refractivity contribution >= 4 is 44.1 Å². The maximum Gasteiger partial charge on any atom is 0.306 e. The Morgan fingerprint density at radius 3 is 2.71 bits per heavy atom. The number of hydrogen-bond donors (Lipinski definition) is 0. The molecule has 3 unspecified atom stereocenters. The second kappa shape index (κ2) is 11.0. The van der Waals surface area contributed by atoms with Crippen molar-refractivity contribution in [3.63, 3.8) is 0 Å². The van der Waals surface area contributed by atoms with Gasteiger partial charge < -0.3 is 4.74 Å². The monoisotopic (exact) mass is 543 g/mol. The molecule has 2 aliphatic rings. The Labute approximate surface area is 217 Å². The summed E-state index contributed by atoms with van der Waals surface area (Å²) in [5.74, 6) is 0.969. The molecule has 1 aromatic carbocycles. The first kappa shape index (κ1) is 25.4. The highest BCUT2D eigenvalue weighted by molar-refractivity contribution is 9.15. The van der Waals surface area contributed by atoms with Gasteiger partial charge in [0.15, 0.2) is 0 Å². The fourth-order valence-corrected chi connectivity index (χ4v) is 6.33. The summed E-state index contributed by atoms with van der Waals surface area (Å²) >= 11 is 10.2. The van der Waals surface area contributed by atoms with Gasteiger partial charge in [0, 0.05) is 33.6 Å². The molecule has 4 rings (SSSR count). The number of aromatic nitrogens is 1. The van der Waals surface area contributed by atoms with E-state index in [4.69, 9.17) is 21.3 Å². The van der Waals surface area contributed by atoms with Gasteiger partial charge in [-0.1, -0.05) is 58.9 Å². The summed E-state index contributed by atoms with van der Waals surface area (Å²) in [6.07, 6.45) is 12.6. The third-order valence-electron chi connectivity index (χ3n) is 7.04. The number of nitrogens with zero attached hydrogens (tertiary/aromatic N) is 1. The zero-order valence-electron chi connectivity index (χ0n) is 20.4. The first-order chi connectivity index (χ1) is 16.2. The van der Waals surface area contributed by atoms with Crippen LogP contribution < -0.4 is 0 Å². The second-order valence-electron chi connectivity index (χ2n) is 10.8. The molecule has 0 N–H and O–H groups in total. The molecular weight excluding hydrogens is 510 g/mol. The van der Waals surface area contributed by atoms with E-state index in [1.165, 1.54) is 31.2 Å². The van der Waals surface area contributed by atoms with Crippen molar-refractivity contribution in [3.05, 3.63) is 63.9 Å². The van der Waals surface area contributed by atoms with Crippen LogP contribution in [0.1, 0.15) is 100 Å². The number of hydrogen-bond acceptors (Lipinski definition) is 3. The molecule has 2 aromatic rings. The summed E-state index contributed by atoms with van der Waals surface area (Å²) in [5.41, 5.74) is 4.32. The molecule has 3 atom stereocenters. The van der Waals surface area contributed by atoms with Gasteiger partial charge in [-0.25, -0.2) is 0 Å². The molecule has 2 aliphatic carbocycles. The van der Waals surface area contributed by atoms with Crippen LogP contribution >= 0.6 is 27.5 Å². The average molecular weight is 545 g/mol. The Hall–Kier alpha value is -1.65. The van der Waals surface area contributed by atoms with Crippen LogP contribution in [0.3, 0.4) is 0 Å². The zero-order chi connectivity index (χ0) is 24.3. The van der Waals surface area contributed by atoms with Crippen LogP contribution in [-0.2, 0) is 9.53 Å². The lowest BCUT2D eigenvalue weighted by atomic mass is 9.75. The van der Waals surface area contributed by atoms with E-state index in [1.807, 2.05) is 39.1 Å². The summed E-state index contributed by atoms with van der Waals surface area (Å²) in [7, 11) is 0. The fraction of sp³-hybridized carbons (Fsp3) is 0.517. The van der Waals surface area contributed by atoms with Crippen LogP contribution in [-0.4, -0.2) is 16.6 Å². The third-order valence-corrected chi connectivity index (χ3v) is 7.93. The van der Waals surface area contributed by atoms with Gasteiger partial charge in [0.2, 0.25) is 0 Å². The van der Waals surface area contributed by atoms with Gasteiger partial charge in [0.1, 0.15) is 5.60 Å². The number of ether oxygens (including phenoxy) is 1. The number of carbonyl (C=O) groups excluding carboxylic acids is 1. The number of fused-ring (bicyclic) bond motifs is 2. The molecule has 0 bridgehead atoms. The summed E-state index contributed by atoms with van der Waals surface area (Å²) < 4.78 is 6.69. The van der Waals surface area contributed by atoms with Crippen LogP contribution in [0.25, 0.3) is 10.6 Å². The van der Waals surface area contributed by atoms with Gasteiger partial charge in [-0.2, -0.15) is 0 Å². The van der Waals surface area contributed by atoms with E-state index in [9.17, 15) is 4.79 Å². The van der Waals surface area contributed by atoms with Crippen LogP contribution in [0, 0.1) is 11.8 Å². The van der Waals surface area contributed by atoms with Gasteiger partial charge in [-0.15, -0.1) is 0 Å². The highest BCUT2D eigenvalue weighted by Crippen LogP contribution is 2.46. The van der Waals surface area contributed by atoms with Crippen molar-refractivity contribution < 1.29 is 9.53 Å². The molecule has 182 valence electrons. The quantitative estimate of drug-likeness (QED) is 0.362. The van der Waals surface area contributed by atoms with Crippen LogP contribution in [0.15, 0.2) is 36.5 Å². The molecule has 0 aliphatic heterocycles. The summed E-state index contributed by atoms with van der Waals surface area (Å²) in [5, 5.41) is 0.750. The smallest absolute Gasteiger partial charge is 0.306 e. The third kappa shape index (κ3) is 6.31. The number of carbonyl (C=O) groups is 1. The van der Waals surface area contributed by atoms with Crippen molar-refractivity contribution in [2.24, 2.45) is 11.8 Å². The maximum absolute atomic E-state index is 12.6. The maximum atomic E-state index is 12.6. The lowest BCUT2D eigenvalue weighted by Gasteiger charge is -2.30. The first-order valence-electron chi connectivity index (χ1n) is 12.5. The molecule has 1 saturated carbocycles. The molecule has 1 heterocycles. The van der Waals surface area contributed by atoms with E-state index < -0.39 is 5.60 Å². The summed E-state index contributed by atoms with van der Waals surface area (Å²) in [6, 6.07) is 10.4. The minimum Gasteiger partial charge on any atom is -0.460 e. The second-order valence-corrected chi connectivity index (χ2v) is 12.1. The topological polar surface area (TPSA) is 39.2 Å². The largest absolute Gasteiger partial charge is 0.460 e. The molecule has 0 spiro atoms. The Morgan fingerprint density at radius 2 is 1.91 bits per heavy atom. The Balaban J connectivity index is 1.64. The van der Waals surface area contributed by atoms with E-state index in [0.717, 1.165) is 45.6 Å². The molecule has 0 radical (unpaired) electrons.